The van der Waals surface area contributed by atoms with Gasteiger partial charge in [0.25, 0.3) is 0 Å². The van der Waals surface area contributed by atoms with E-state index in [1.165, 1.54) is 14.0 Å². The molecule has 6 heteroatoms. The highest BCUT2D eigenvalue weighted by atomic mass is 35.5. The van der Waals surface area contributed by atoms with Crippen LogP contribution < -0.4 is 10.1 Å². The third kappa shape index (κ3) is 4.70. The van der Waals surface area contributed by atoms with E-state index in [-0.39, 0.29) is 18.9 Å². The summed E-state index contributed by atoms with van der Waals surface area (Å²) in [5.41, 5.74) is 0.422. The summed E-state index contributed by atoms with van der Waals surface area (Å²) < 4.78 is 5.11. The average molecular weight is 288 g/mol. The Morgan fingerprint density at radius 1 is 1.47 bits per heavy atom. The van der Waals surface area contributed by atoms with Crippen molar-refractivity contribution in [1.82, 2.24) is 5.32 Å². The SMILES string of the molecule is COc1ccc(Cl)cc1C(O)C(O)CCNC(C)=O. The highest BCUT2D eigenvalue weighted by Gasteiger charge is 2.22. The van der Waals surface area contributed by atoms with E-state index in [1.54, 1.807) is 18.2 Å². The molecule has 0 saturated heterocycles. The standard InChI is InChI=1S/C13H18ClNO4/c1-8(16)15-6-5-11(17)13(18)10-7-9(14)3-4-12(10)19-2/h3-4,7,11,13,17-18H,5-6H2,1-2H3,(H,15,16). The minimum atomic E-state index is -1.12. The van der Waals surface area contributed by atoms with Crippen molar-refractivity contribution in [1.29, 1.82) is 0 Å². The second-order valence-corrected chi connectivity index (χ2v) is 4.61. The molecular weight excluding hydrogens is 270 g/mol. The summed E-state index contributed by atoms with van der Waals surface area (Å²) in [5.74, 6) is 0.275. The van der Waals surface area contributed by atoms with Gasteiger partial charge in [0.1, 0.15) is 11.9 Å². The molecular formula is C13H18ClNO4. The van der Waals surface area contributed by atoms with Gasteiger partial charge in [-0.1, -0.05) is 11.6 Å². The number of ether oxygens (including phenoxy) is 1. The first-order valence-corrected chi connectivity index (χ1v) is 6.27. The molecule has 0 aromatic heterocycles. The maximum absolute atomic E-state index is 10.7. The van der Waals surface area contributed by atoms with Gasteiger partial charge in [-0.25, -0.2) is 0 Å². The first-order valence-electron chi connectivity index (χ1n) is 5.89. The smallest absolute Gasteiger partial charge is 0.216 e. The number of carbonyl (C=O) groups is 1. The summed E-state index contributed by atoms with van der Waals surface area (Å²) in [7, 11) is 1.48. The van der Waals surface area contributed by atoms with E-state index in [4.69, 9.17) is 16.3 Å². The summed E-state index contributed by atoms with van der Waals surface area (Å²) in [6, 6.07) is 4.81. The van der Waals surface area contributed by atoms with Crippen LogP contribution in [0.15, 0.2) is 18.2 Å². The Bertz CT molecular complexity index is 439. The second kappa shape index (κ2) is 7.33. The van der Waals surface area contributed by atoms with Gasteiger partial charge in [-0.15, -0.1) is 0 Å². The highest BCUT2D eigenvalue weighted by molar-refractivity contribution is 6.30. The lowest BCUT2D eigenvalue weighted by Gasteiger charge is -2.20. The molecule has 1 amide bonds. The minimum absolute atomic E-state index is 0.179. The summed E-state index contributed by atoms with van der Waals surface area (Å²) in [6.45, 7) is 1.68. The summed E-state index contributed by atoms with van der Waals surface area (Å²) in [4.78, 5) is 10.7. The van der Waals surface area contributed by atoms with Crippen LogP contribution in [0.25, 0.3) is 0 Å². The Morgan fingerprint density at radius 2 is 2.16 bits per heavy atom. The van der Waals surface area contributed by atoms with Crippen molar-refractivity contribution < 1.29 is 19.7 Å². The third-order valence-electron chi connectivity index (χ3n) is 2.69. The molecule has 1 aromatic rings. The van der Waals surface area contributed by atoms with Gasteiger partial charge >= 0.3 is 0 Å². The van der Waals surface area contributed by atoms with Crippen LogP contribution in [-0.4, -0.2) is 35.9 Å². The van der Waals surface area contributed by atoms with Crippen molar-refractivity contribution in [3.8, 4) is 5.75 Å². The van der Waals surface area contributed by atoms with Crippen molar-refractivity contribution >= 4 is 17.5 Å². The van der Waals surface area contributed by atoms with Crippen LogP contribution in [0, 0.1) is 0 Å². The van der Waals surface area contributed by atoms with E-state index in [0.717, 1.165) is 0 Å². The van der Waals surface area contributed by atoms with Crippen LogP contribution in [0.4, 0.5) is 0 Å². The van der Waals surface area contributed by atoms with E-state index in [1.807, 2.05) is 0 Å². The Morgan fingerprint density at radius 3 is 2.74 bits per heavy atom. The Kier molecular flexibility index (Phi) is 6.08. The van der Waals surface area contributed by atoms with Gasteiger partial charge in [0, 0.05) is 24.1 Å². The fraction of sp³-hybridized carbons (Fsp3) is 0.462. The van der Waals surface area contributed by atoms with Crippen molar-refractivity contribution in [3.63, 3.8) is 0 Å². The molecule has 0 fully saturated rings. The molecule has 0 aliphatic carbocycles. The number of methoxy groups -OCH3 is 1. The van der Waals surface area contributed by atoms with Gasteiger partial charge in [0.2, 0.25) is 5.91 Å². The number of rotatable bonds is 6. The highest BCUT2D eigenvalue weighted by Crippen LogP contribution is 2.30. The predicted octanol–water partition coefficient (Wildman–Crippen LogP) is 1.27. The van der Waals surface area contributed by atoms with Crippen LogP contribution in [0.5, 0.6) is 5.75 Å². The van der Waals surface area contributed by atoms with Crippen molar-refractivity contribution in [3.05, 3.63) is 28.8 Å². The Labute approximate surface area is 117 Å². The number of nitrogens with one attached hydrogen (secondary N) is 1. The number of hydrogen-bond donors (Lipinski definition) is 3. The number of aliphatic hydroxyl groups excluding tert-OH is 2. The fourth-order valence-corrected chi connectivity index (χ4v) is 1.88. The van der Waals surface area contributed by atoms with Gasteiger partial charge in [0.05, 0.1) is 13.2 Å². The topological polar surface area (TPSA) is 78.8 Å². The quantitative estimate of drug-likeness (QED) is 0.736. The molecule has 2 unspecified atom stereocenters. The summed E-state index contributed by atoms with van der Waals surface area (Å²) in [5, 5.41) is 23.0. The maximum Gasteiger partial charge on any atom is 0.216 e. The van der Waals surface area contributed by atoms with Crippen LogP contribution in [0.1, 0.15) is 25.0 Å². The first-order chi connectivity index (χ1) is 8.95. The lowest BCUT2D eigenvalue weighted by atomic mass is 10.0. The fourth-order valence-electron chi connectivity index (χ4n) is 1.70. The summed E-state index contributed by atoms with van der Waals surface area (Å²) >= 11 is 5.86. The zero-order valence-electron chi connectivity index (χ0n) is 10.9. The van der Waals surface area contributed by atoms with E-state index >= 15 is 0 Å². The minimum Gasteiger partial charge on any atom is -0.496 e. The zero-order chi connectivity index (χ0) is 14.4. The lowest BCUT2D eigenvalue weighted by molar-refractivity contribution is -0.119. The molecule has 106 valence electrons. The molecule has 0 bridgehead atoms. The molecule has 1 rings (SSSR count). The molecule has 0 aliphatic heterocycles. The van der Waals surface area contributed by atoms with Crippen LogP contribution in [0.3, 0.4) is 0 Å². The van der Waals surface area contributed by atoms with Crippen molar-refractivity contribution in [2.24, 2.45) is 0 Å². The van der Waals surface area contributed by atoms with Crippen LogP contribution in [-0.2, 0) is 4.79 Å². The van der Waals surface area contributed by atoms with Crippen LogP contribution >= 0.6 is 11.6 Å². The molecule has 0 saturated carbocycles. The average Bonchev–Trinajstić information content (AvgIpc) is 2.37. The number of aliphatic hydroxyl groups is 2. The Balaban J connectivity index is 2.72. The molecule has 2 atom stereocenters. The van der Waals surface area contributed by atoms with E-state index in [0.29, 0.717) is 16.3 Å². The first kappa shape index (κ1) is 15.8. The van der Waals surface area contributed by atoms with Gasteiger partial charge in [-0.05, 0) is 24.6 Å². The zero-order valence-corrected chi connectivity index (χ0v) is 11.6. The number of halogens is 1. The molecule has 0 heterocycles. The lowest BCUT2D eigenvalue weighted by Crippen LogP contribution is -2.27. The van der Waals surface area contributed by atoms with Gasteiger partial charge in [-0.3, -0.25) is 4.79 Å². The number of hydrogen-bond acceptors (Lipinski definition) is 4. The molecule has 19 heavy (non-hydrogen) atoms. The van der Waals surface area contributed by atoms with Gasteiger partial charge in [0.15, 0.2) is 0 Å². The normalized spacial score (nSPS) is 13.7. The molecule has 0 spiro atoms. The van der Waals surface area contributed by atoms with E-state index in [9.17, 15) is 15.0 Å². The molecule has 5 nitrogen and oxygen atoms in total. The van der Waals surface area contributed by atoms with Crippen molar-refractivity contribution in [2.75, 3.05) is 13.7 Å². The number of carbonyl (C=O) groups excluding carboxylic acids is 1. The molecule has 1 aromatic carbocycles. The van der Waals surface area contributed by atoms with Crippen molar-refractivity contribution in [2.45, 2.75) is 25.6 Å². The number of benzene rings is 1. The summed E-state index contributed by atoms with van der Waals surface area (Å²) in [6.07, 6.45) is -1.90. The molecule has 0 radical (unpaired) electrons. The van der Waals surface area contributed by atoms with E-state index in [2.05, 4.69) is 5.32 Å². The maximum atomic E-state index is 10.7. The predicted molar refractivity (Wildman–Crippen MR) is 72.3 cm³/mol. The molecule has 3 N–H and O–H groups in total. The van der Waals surface area contributed by atoms with Gasteiger partial charge in [-0.2, -0.15) is 0 Å². The monoisotopic (exact) mass is 287 g/mol. The molecule has 0 aliphatic rings. The number of amides is 1. The van der Waals surface area contributed by atoms with Gasteiger partial charge < -0.3 is 20.3 Å². The van der Waals surface area contributed by atoms with E-state index < -0.39 is 12.2 Å². The Hall–Kier alpha value is -1.30. The third-order valence-corrected chi connectivity index (χ3v) is 2.92. The largest absolute Gasteiger partial charge is 0.496 e. The second-order valence-electron chi connectivity index (χ2n) is 4.17. The van der Waals surface area contributed by atoms with Crippen LogP contribution in [0.2, 0.25) is 5.02 Å².